The third kappa shape index (κ3) is 6.19. The van der Waals surface area contributed by atoms with Gasteiger partial charge in [-0.15, -0.1) is 0 Å². The number of hydrogen-bond donors (Lipinski definition) is 1. The highest BCUT2D eigenvalue weighted by Crippen LogP contribution is 2.33. The highest BCUT2D eigenvalue weighted by atomic mass is 35.5. The van der Waals surface area contributed by atoms with Crippen LogP contribution in [-0.2, 0) is 12.8 Å². The second-order valence-corrected chi connectivity index (χ2v) is 11.3. The van der Waals surface area contributed by atoms with E-state index < -0.39 is 0 Å². The van der Waals surface area contributed by atoms with Gasteiger partial charge in [-0.2, -0.15) is 0 Å². The van der Waals surface area contributed by atoms with E-state index in [0.29, 0.717) is 10.0 Å². The zero-order chi connectivity index (χ0) is 24.9. The van der Waals surface area contributed by atoms with Crippen LogP contribution in [0.3, 0.4) is 0 Å². The number of amides is 1. The number of rotatable bonds is 8. The van der Waals surface area contributed by atoms with E-state index in [4.69, 9.17) is 23.2 Å². The number of halogens is 2. The molecule has 5 rings (SSSR count). The van der Waals surface area contributed by atoms with Crippen LogP contribution in [0.2, 0.25) is 10.0 Å². The van der Waals surface area contributed by atoms with Gasteiger partial charge >= 0.3 is 0 Å². The highest BCUT2D eigenvalue weighted by Gasteiger charge is 2.26. The monoisotopic (exact) mass is 528 g/mol. The Bertz CT molecular complexity index is 1050. The van der Waals surface area contributed by atoms with Gasteiger partial charge in [0.25, 0.3) is 5.91 Å². The Hall–Kier alpha value is -1.79. The molecular weight excluding hydrogens is 491 g/mol. The van der Waals surface area contributed by atoms with Gasteiger partial charge in [-0.05, 0) is 80.5 Å². The Kier molecular flexibility index (Phi) is 8.74. The summed E-state index contributed by atoms with van der Waals surface area (Å²) in [5, 5.41) is 4.40. The lowest BCUT2D eigenvalue weighted by molar-refractivity contribution is 0.0952. The smallest absolute Gasteiger partial charge is 0.251 e. The number of unbranched alkanes of at least 4 members (excludes halogenated alkanes) is 1. The molecule has 36 heavy (non-hydrogen) atoms. The number of carbonyl (C=O) groups excluding carboxylic acids is 1. The molecule has 1 amide bonds. The van der Waals surface area contributed by atoms with Crippen molar-refractivity contribution in [3.8, 4) is 0 Å². The van der Waals surface area contributed by atoms with Crippen LogP contribution in [0.4, 0.5) is 5.69 Å². The molecule has 2 aromatic rings. The van der Waals surface area contributed by atoms with Crippen LogP contribution < -0.4 is 10.2 Å². The first kappa shape index (κ1) is 25.8. The topological polar surface area (TPSA) is 38.8 Å². The fourth-order valence-corrected chi connectivity index (χ4v) is 6.13. The summed E-state index contributed by atoms with van der Waals surface area (Å²) in [4.78, 5) is 20.2. The summed E-state index contributed by atoms with van der Waals surface area (Å²) < 4.78 is 0. The molecule has 2 aromatic carbocycles. The third-order valence-electron chi connectivity index (χ3n) is 8.23. The van der Waals surface area contributed by atoms with E-state index in [1.165, 1.54) is 30.4 Å². The number of hydrogen-bond acceptors (Lipinski definition) is 4. The van der Waals surface area contributed by atoms with Crippen molar-refractivity contribution in [2.24, 2.45) is 0 Å². The molecule has 2 fully saturated rings. The quantitative estimate of drug-likeness (QED) is 0.473. The maximum Gasteiger partial charge on any atom is 0.251 e. The van der Waals surface area contributed by atoms with E-state index in [1.54, 1.807) is 0 Å². The number of carbonyl (C=O) groups is 1. The molecule has 0 aromatic heterocycles. The number of benzene rings is 2. The Balaban J connectivity index is 1.01. The molecule has 0 bridgehead atoms. The van der Waals surface area contributed by atoms with Gasteiger partial charge in [0.15, 0.2) is 0 Å². The number of nitrogens with zero attached hydrogens (tertiary/aromatic N) is 3. The van der Waals surface area contributed by atoms with Crippen molar-refractivity contribution in [3.05, 3.63) is 63.1 Å². The lowest BCUT2D eigenvalue weighted by Gasteiger charge is -2.36. The van der Waals surface area contributed by atoms with Gasteiger partial charge in [0.05, 0.1) is 15.7 Å². The van der Waals surface area contributed by atoms with E-state index in [9.17, 15) is 4.79 Å². The molecule has 1 N–H and O–H groups in total. The standard InChI is InChI=1S/C29H38Cl2N4O/c30-26-7-4-8-27(28(26)31)35-19-17-33(18-20-35)14-2-1-13-32-29(36)24-10-9-22-11-15-34(25-5-3-6-25)16-12-23(22)21-24/h4,7-10,21,25H,1-3,5-6,11-20H2,(H,32,36). The Labute approximate surface area is 225 Å². The third-order valence-corrected chi connectivity index (χ3v) is 9.04. The maximum absolute atomic E-state index is 12.8. The van der Waals surface area contributed by atoms with Gasteiger partial charge in [0.2, 0.25) is 0 Å². The van der Waals surface area contributed by atoms with Crippen molar-refractivity contribution in [3.63, 3.8) is 0 Å². The molecule has 0 radical (unpaired) electrons. The largest absolute Gasteiger partial charge is 0.368 e. The first-order chi connectivity index (χ1) is 17.6. The Morgan fingerprint density at radius 1 is 0.917 bits per heavy atom. The molecule has 0 unspecified atom stereocenters. The van der Waals surface area contributed by atoms with Gasteiger partial charge in [-0.3, -0.25) is 14.6 Å². The molecule has 1 aliphatic carbocycles. The van der Waals surface area contributed by atoms with Crippen LogP contribution in [0, 0.1) is 0 Å². The Morgan fingerprint density at radius 2 is 1.69 bits per heavy atom. The first-order valence-electron chi connectivity index (χ1n) is 13.6. The number of anilines is 1. The maximum atomic E-state index is 12.8. The van der Waals surface area contributed by atoms with Crippen LogP contribution >= 0.6 is 23.2 Å². The van der Waals surface area contributed by atoms with Crippen LogP contribution in [0.5, 0.6) is 0 Å². The predicted molar refractivity (Wildman–Crippen MR) is 150 cm³/mol. The molecule has 2 heterocycles. The molecule has 194 valence electrons. The zero-order valence-corrected chi connectivity index (χ0v) is 22.7. The average molecular weight is 530 g/mol. The van der Waals surface area contributed by atoms with E-state index in [-0.39, 0.29) is 5.91 Å². The predicted octanol–water partition coefficient (Wildman–Crippen LogP) is 5.28. The van der Waals surface area contributed by atoms with Gasteiger partial charge in [0.1, 0.15) is 0 Å². The van der Waals surface area contributed by atoms with Gasteiger partial charge in [0, 0.05) is 57.4 Å². The summed E-state index contributed by atoms with van der Waals surface area (Å²) >= 11 is 12.6. The van der Waals surface area contributed by atoms with Crippen LogP contribution in [0.1, 0.15) is 53.6 Å². The van der Waals surface area contributed by atoms with Crippen molar-refractivity contribution in [2.75, 3.05) is 57.3 Å². The summed E-state index contributed by atoms with van der Waals surface area (Å²) in [6.45, 7) is 8.01. The van der Waals surface area contributed by atoms with Crippen LogP contribution in [0.25, 0.3) is 0 Å². The molecule has 3 aliphatic rings. The second-order valence-electron chi connectivity index (χ2n) is 10.5. The summed E-state index contributed by atoms with van der Waals surface area (Å²) in [7, 11) is 0. The lowest BCUT2D eigenvalue weighted by Crippen LogP contribution is -2.46. The zero-order valence-electron chi connectivity index (χ0n) is 21.2. The van der Waals surface area contributed by atoms with E-state index >= 15 is 0 Å². The summed E-state index contributed by atoms with van der Waals surface area (Å²) in [5.74, 6) is 0.0601. The minimum atomic E-state index is 0.0601. The minimum Gasteiger partial charge on any atom is -0.368 e. The highest BCUT2D eigenvalue weighted by molar-refractivity contribution is 6.43. The number of fused-ring (bicyclic) bond motifs is 1. The molecule has 1 saturated carbocycles. The molecule has 0 spiro atoms. The summed E-state index contributed by atoms with van der Waals surface area (Å²) in [6.07, 6.45) is 8.34. The van der Waals surface area contributed by atoms with Gasteiger partial charge < -0.3 is 10.2 Å². The fraction of sp³-hybridized carbons (Fsp3) is 0.552. The van der Waals surface area contributed by atoms with Gasteiger partial charge in [-0.25, -0.2) is 0 Å². The average Bonchev–Trinajstić information content (AvgIpc) is 3.07. The van der Waals surface area contributed by atoms with Crippen molar-refractivity contribution in [1.82, 2.24) is 15.1 Å². The Morgan fingerprint density at radius 3 is 2.44 bits per heavy atom. The molecule has 5 nitrogen and oxygen atoms in total. The molecule has 1 saturated heterocycles. The van der Waals surface area contributed by atoms with Crippen molar-refractivity contribution < 1.29 is 4.79 Å². The van der Waals surface area contributed by atoms with Crippen LogP contribution in [0.15, 0.2) is 36.4 Å². The SMILES string of the molecule is O=C(NCCCCN1CCN(c2cccc(Cl)c2Cl)CC1)c1ccc2c(c1)CCN(C1CCC1)CC2. The normalized spacial score (nSPS) is 19.4. The first-order valence-corrected chi connectivity index (χ1v) is 14.4. The molecule has 0 atom stereocenters. The fourth-order valence-electron chi connectivity index (χ4n) is 5.71. The van der Waals surface area contributed by atoms with Crippen molar-refractivity contribution in [1.29, 1.82) is 0 Å². The second kappa shape index (κ2) is 12.2. The number of nitrogens with one attached hydrogen (secondary N) is 1. The molecule has 2 aliphatic heterocycles. The van der Waals surface area contributed by atoms with Crippen molar-refractivity contribution >= 4 is 34.8 Å². The lowest BCUT2D eigenvalue weighted by atomic mass is 9.91. The van der Waals surface area contributed by atoms with Crippen molar-refractivity contribution in [2.45, 2.75) is 51.0 Å². The summed E-state index contributed by atoms with van der Waals surface area (Å²) in [5.41, 5.74) is 4.62. The van der Waals surface area contributed by atoms with Crippen LogP contribution in [-0.4, -0.2) is 74.1 Å². The summed E-state index contributed by atoms with van der Waals surface area (Å²) in [6, 6.07) is 13.0. The minimum absolute atomic E-state index is 0.0601. The van der Waals surface area contributed by atoms with E-state index in [0.717, 1.165) is 95.3 Å². The van der Waals surface area contributed by atoms with E-state index in [2.05, 4.69) is 32.1 Å². The number of piperazine rings is 1. The molecular formula is C29H38Cl2N4O. The van der Waals surface area contributed by atoms with E-state index in [1.807, 2.05) is 24.3 Å². The molecule has 7 heteroatoms. The van der Waals surface area contributed by atoms with Gasteiger partial charge in [-0.1, -0.05) is 41.8 Å².